The number of nitrogens with zero attached hydrogens (tertiary/aromatic N) is 1. The summed E-state index contributed by atoms with van der Waals surface area (Å²) in [6.07, 6.45) is -6.30. The van der Waals surface area contributed by atoms with E-state index in [4.69, 9.17) is 14.2 Å². The van der Waals surface area contributed by atoms with Crippen molar-refractivity contribution >= 4 is 34.5 Å². The first-order chi connectivity index (χ1) is 23.6. The molecule has 272 valence electrons. The van der Waals surface area contributed by atoms with Crippen molar-refractivity contribution in [1.82, 2.24) is 10.2 Å². The van der Waals surface area contributed by atoms with Crippen LogP contribution in [0.2, 0.25) is 0 Å². The van der Waals surface area contributed by atoms with E-state index in [-0.39, 0.29) is 40.9 Å². The number of hydrogen-bond acceptors (Lipinski definition) is 6. The molecule has 0 bridgehead atoms. The summed E-state index contributed by atoms with van der Waals surface area (Å²) in [6, 6.07) is 8.67. The number of alkyl halides is 7. The van der Waals surface area contributed by atoms with Crippen LogP contribution in [0, 0.1) is 5.92 Å². The smallest absolute Gasteiger partial charge is 0.430 e. The number of benzene rings is 2. The second kappa shape index (κ2) is 14.6. The molecule has 2 aliphatic heterocycles. The van der Waals surface area contributed by atoms with Crippen molar-refractivity contribution in [3.8, 4) is 16.9 Å². The molecule has 2 saturated heterocycles. The highest BCUT2D eigenvalue weighted by Crippen LogP contribution is 2.51. The van der Waals surface area contributed by atoms with Crippen LogP contribution in [-0.4, -0.2) is 70.1 Å². The number of imide groups is 1. The SMILES string of the molecule is CCCc1cc(C(O)(C(F)(F)F)C(F)(F)F)ccc1-c1cccc(OCCCCN2C(=O)NC(CC)(C3C=C4OCCOC4=C[C@@H]3I)C2=O)c1. The van der Waals surface area contributed by atoms with E-state index < -0.39 is 35.1 Å². The number of carbonyl (C=O) groups excluding carboxylic acids is 2. The summed E-state index contributed by atoms with van der Waals surface area (Å²) in [6.45, 7) is 4.81. The Balaban J connectivity index is 1.22. The summed E-state index contributed by atoms with van der Waals surface area (Å²) >= 11 is 2.23. The van der Waals surface area contributed by atoms with Crippen LogP contribution in [0.5, 0.6) is 5.75 Å². The molecule has 2 fully saturated rings. The third kappa shape index (κ3) is 7.03. The number of hydrogen-bond donors (Lipinski definition) is 2. The van der Waals surface area contributed by atoms with Crippen molar-refractivity contribution < 1.29 is 55.2 Å². The lowest BCUT2D eigenvalue weighted by atomic mass is 9.77. The van der Waals surface area contributed by atoms with Crippen LogP contribution >= 0.6 is 22.6 Å². The maximum atomic E-state index is 13.7. The Hall–Kier alpha value is -3.47. The van der Waals surface area contributed by atoms with Gasteiger partial charge in [0.1, 0.15) is 24.5 Å². The summed E-state index contributed by atoms with van der Waals surface area (Å²) in [4.78, 5) is 28.0. The molecule has 0 aromatic heterocycles. The molecule has 3 amide bonds. The molecule has 1 aliphatic carbocycles. The van der Waals surface area contributed by atoms with E-state index in [1.807, 2.05) is 19.1 Å². The van der Waals surface area contributed by atoms with Crippen molar-refractivity contribution in [3.05, 3.63) is 77.3 Å². The second-order valence-electron chi connectivity index (χ2n) is 12.4. The Labute approximate surface area is 299 Å². The molecule has 0 saturated carbocycles. The minimum Gasteiger partial charge on any atom is -0.494 e. The van der Waals surface area contributed by atoms with Gasteiger partial charge in [-0.2, -0.15) is 26.3 Å². The van der Waals surface area contributed by atoms with Gasteiger partial charge in [0.2, 0.25) is 0 Å². The number of nitrogens with one attached hydrogen (secondary N) is 1. The first kappa shape index (κ1) is 37.8. The molecule has 2 heterocycles. The number of urea groups is 1. The lowest BCUT2D eigenvalue weighted by molar-refractivity contribution is -0.376. The number of amides is 3. The largest absolute Gasteiger partial charge is 0.494 e. The minimum absolute atomic E-state index is 0.125. The van der Waals surface area contributed by atoms with Gasteiger partial charge in [0.05, 0.1) is 6.61 Å². The molecule has 0 radical (unpaired) electrons. The molecule has 3 aliphatic rings. The monoisotopic (exact) mass is 822 g/mol. The van der Waals surface area contributed by atoms with E-state index in [0.29, 0.717) is 73.4 Å². The highest BCUT2D eigenvalue weighted by molar-refractivity contribution is 14.1. The van der Waals surface area contributed by atoms with Gasteiger partial charge in [0, 0.05) is 22.0 Å². The maximum Gasteiger partial charge on any atom is 0.430 e. The van der Waals surface area contributed by atoms with Gasteiger partial charge >= 0.3 is 18.4 Å². The van der Waals surface area contributed by atoms with Crippen molar-refractivity contribution in [2.45, 2.75) is 73.4 Å². The molecular weight excluding hydrogens is 785 g/mol. The fraction of sp³-hybridized carbons (Fsp3) is 0.486. The number of ether oxygens (including phenoxy) is 3. The van der Waals surface area contributed by atoms with Crippen LogP contribution in [0.15, 0.2) is 66.1 Å². The molecule has 2 unspecified atom stereocenters. The van der Waals surface area contributed by atoms with Gasteiger partial charge in [-0.3, -0.25) is 9.69 Å². The second-order valence-corrected chi connectivity index (χ2v) is 13.8. The maximum absolute atomic E-state index is 13.7. The van der Waals surface area contributed by atoms with Gasteiger partial charge in [-0.15, -0.1) is 0 Å². The summed E-state index contributed by atoms with van der Waals surface area (Å²) in [5, 5.41) is 12.9. The van der Waals surface area contributed by atoms with E-state index in [9.17, 15) is 41.0 Å². The molecular formula is C35H37F6IN2O6. The Kier molecular flexibility index (Phi) is 11.1. The van der Waals surface area contributed by atoms with Gasteiger partial charge in [-0.25, -0.2) is 4.79 Å². The van der Waals surface area contributed by atoms with Crippen molar-refractivity contribution in [1.29, 1.82) is 0 Å². The Morgan fingerprint density at radius 3 is 2.30 bits per heavy atom. The molecule has 15 heteroatoms. The van der Waals surface area contributed by atoms with Crippen LogP contribution < -0.4 is 10.1 Å². The highest BCUT2D eigenvalue weighted by atomic mass is 127. The lowest BCUT2D eigenvalue weighted by Gasteiger charge is -2.38. The van der Waals surface area contributed by atoms with Crippen molar-refractivity contribution in [3.63, 3.8) is 0 Å². The van der Waals surface area contributed by atoms with Gasteiger partial charge in [-0.1, -0.05) is 73.2 Å². The van der Waals surface area contributed by atoms with Crippen molar-refractivity contribution in [2.75, 3.05) is 26.4 Å². The summed E-state index contributed by atoms with van der Waals surface area (Å²) in [5.41, 5.74) is -6.34. The molecule has 2 aromatic rings. The van der Waals surface area contributed by atoms with E-state index in [0.717, 1.165) is 12.1 Å². The standard InChI is InChI=1S/C35H37F6IN2O6/c1-3-8-21-17-23(33(47,34(36,37)38)35(39,40)41)11-12-25(21)22-9-7-10-24(18-22)48-14-6-5-13-44-30(45)32(4-2,43-31(44)46)26-19-28-29(20-27(26)42)50-16-15-49-28/h7,9-12,17-20,26-27,47H,3-6,8,13-16H2,1-2H3,(H,43,46)/t26?,27-,32?/m0/s1. The fourth-order valence-corrected chi connectivity index (χ4v) is 7.70. The normalized spacial score (nSPS) is 22.6. The summed E-state index contributed by atoms with van der Waals surface area (Å²) in [5.74, 6) is 0.957. The first-order valence-electron chi connectivity index (χ1n) is 16.3. The molecule has 0 spiro atoms. The molecule has 2 N–H and O–H groups in total. The van der Waals surface area contributed by atoms with Gasteiger partial charge in [-0.05, 0) is 66.7 Å². The zero-order chi connectivity index (χ0) is 36.5. The predicted octanol–water partition coefficient (Wildman–Crippen LogP) is 7.73. The number of allylic oxidation sites excluding steroid dienone is 1. The molecule has 8 nitrogen and oxygen atoms in total. The van der Waals surface area contributed by atoms with E-state index in [1.165, 1.54) is 4.90 Å². The summed E-state index contributed by atoms with van der Waals surface area (Å²) < 4.78 is 98.4. The van der Waals surface area contributed by atoms with Crippen LogP contribution in [0.4, 0.5) is 31.1 Å². The number of fused-ring (bicyclic) bond motifs is 1. The average molecular weight is 823 g/mol. The van der Waals surface area contributed by atoms with E-state index in [2.05, 4.69) is 27.9 Å². The number of aliphatic hydroxyl groups is 1. The zero-order valence-electron chi connectivity index (χ0n) is 27.3. The minimum atomic E-state index is -5.98. The zero-order valence-corrected chi connectivity index (χ0v) is 29.5. The number of carbonyl (C=O) groups is 2. The Bertz CT molecular complexity index is 1650. The van der Waals surface area contributed by atoms with Crippen molar-refractivity contribution in [2.24, 2.45) is 5.92 Å². The number of halogens is 7. The first-order valence-corrected chi connectivity index (χ1v) is 17.5. The van der Waals surface area contributed by atoms with Crippen LogP contribution in [-0.2, 0) is 26.3 Å². The van der Waals surface area contributed by atoms with Gasteiger partial charge in [0.25, 0.3) is 11.5 Å². The van der Waals surface area contributed by atoms with E-state index >= 15 is 0 Å². The number of aryl methyl sites for hydroxylation is 1. The third-order valence-corrected chi connectivity index (χ3v) is 10.3. The van der Waals surface area contributed by atoms with E-state index in [1.54, 1.807) is 31.2 Å². The Morgan fingerprint density at radius 2 is 1.66 bits per heavy atom. The van der Waals surface area contributed by atoms with Crippen LogP contribution in [0.25, 0.3) is 11.1 Å². The quantitative estimate of drug-likeness (QED) is 0.0749. The van der Waals surface area contributed by atoms with Crippen LogP contribution in [0.1, 0.15) is 50.7 Å². The average Bonchev–Trinajstić information content (AvgIpc) is 3.31. The molecule has 5 rings (SSSR count). The Morgan fingerprint density at radius 1 is 0.980 bits per heavy atom. The third-order valence-electron chi connectivity index (χ3n) is 9.21. The van der Waals surface area contributed by atoms with Gasteiger partial charge < -0.3 is 24.6 Å². The molecule has 50 heavy (non-hydrogen) atoms. The number of rotatable bonds is 12. The molecule has 3 atom stereocenters. The number of unbranched alkanes of at least 4 members (excludes halogenated alkanes) is 1. The fourth-order valence-electron chi connectivity index (χ4n) is 6.55. The highest BCUT2D eigenvalue weighted by Gasteiger charge is 2.71. The van der Waals surface area contributed by atoms with Gasteiger partial charge in [0.15, 0.2) is 11.5 Å². The lowest BCUT2D eigenvalue weighted by Crippen LogP contribution is -2.55. The summed E-state index contributed by atoms with van der Waals surface area (Å²) in [7, 11) is 0. The predicted molar refractivity (Wildman–Crippen MR) is 179 cm³/mol. The van der Waals surface area contributed by atoms with Crippen LogP contribution in [0.3, 0.4) is 0 Å². The molecule has 2 aromatic carbocycles. The topological polar surface area (TPSA) is 97.3 Å².